The quantitative estimate of drug-likeness (QED) is 0.927. The van der Waals surface area contributed by atoms with Crippen LogP contribution < -0.4 is 9.47 Å². The van der Waals surface area contributed by atoms with Gasteiger partial charge in [0.05, 0.1) is 19.2 Å². The van der Waals surface area contributed by atoms with Crippen LogP contribution in [0.1, 0.15) is 12.5 Å². The average Bonchev–Trinajstić information content (AvgIpc) is 2.26. The van der Waals surface area contributed by atoms with Crippen LogP contribution >= 0.6 is 11.6 Å². The van der Waals surface area contributed by atoms with Crippen molar-refractivity contribution in [2.24, 2.45) is 0 Å². The molecule has 0 saturated carbocycles. The number of rotatable bonds is 3. The largest absolute Gasteiger partial charge is 0.496 e. The van der Waals surface area contributed by atoms with E-state index in [1.807, 2.05) is 0 Å². The van der Waals surface area contributed by atoms with Gasteiger partial charge >= 0.3 is 6.18 Å². The van der Waals surface area contributed by atoms with Crippen LogP contribution in [0.15, 0.2) is 12.1 Å². The molecule has 0 radical (unpaired) electrons. The van der Waals surface area contributed by atoms with Crippen LogP contribution in [0.4, 0.5) is 13.2 Å². The molecule has 1 N–H and O–H groups in total. The number of methoxy groups -OCH3 is 2. The number of ether oxygens (including phenoxy) is 2. The fourth-order valence-electron chi connectivity index (χ4n) is 1.39. The number of benzene rings is 1. The molecule has 3 nitrogen and oxygen atoms in total. The van der Waals surface area contributed by atoms with E-state index >= 15 is 0 Å². The van der Waals surface area contributed by atoms with Crippen molar-refractivity contribution in [3.05, 3.63) is 22.7 Å². The highest BCUT2D eigenvalue weighted by molar-refractivity contribution is 6.32. The van der Waals surface area contributed by atoms with Gasteiger partial charge in [0.25, 0.3) is 0 Å². The molecular weight excluding hydrogens is 273 g/mol. The first-order valence-corrected chi connectivity index (χ1v) is 5.24. The maximum absolute atomic E-state index is 12.8. The summed E-state index contributed by atoms with van der Waals surface area (Å²) >= 11 is 5.78. The molecule has 7 heteroatoms. The molecule has 0 aromatic heterocycles. The Kier molecular flexibility index (Phi) is 4.02. The van der Waals surface area contributed by atoms with E-state index in [2.05, 4.69) is 0 Å². The summed E-state index contributed by atoms with van der Waals surface area (Å²) in [6.07, 6.45) is -4.85. The van der Waals surface area contributed by atoms with Gasteiger partial charge in [0.1, 0.15) is 11.5 Å². The van der Waals surface area contributed by atoms with Crippen LogP contribution in [-0.2, 0) is 5.60 Å². The maximum Gasteiger partial charge on any atom is 0.421 e. The number of alkyl halides is 3. The van der Waals surface area contributed by atoms with Gasteiger partial charge in [-0.3, -0.25) is 0 Å². The zero-order chi connectivity index (χ0) is 14.1. The van der Waals surface area contributed by atoms with E-state index in [-0.39, 0.29) is 16.5 Å². The SMILES string of the molecule is COc1cc(C(C)(O)C(F)(F)F)c(OC)cc1Cl. The lowest BCUT2D eigenvalue weighted by Gasteiger charge is -2.28. The standard InChI is InChI=1S/C11H12ClF3O3/c1-10(16,11(13,14)15)6-4-9(18-3)7(12)5-8(6)17-2/h4-5,16H,1-3H3. The first-order valence-electron chi connectivity index (χ1n) is 4.86. The molecule has 0 bridgehead atoms. The van der Waals surface area contributed by atoms with Crippen molar-refractivity contribution < 1.29 is 27.8 Å². The minimum Gasteiger partial charge on any atom is -0.496 e. The Morgan fingerprint density at radius 2 is 1.61 bits per heavy atom. The van der Waals surface area contributed by atoms with Gasteiger partial charge in [0, 0.05) is 11.6 Å². The molecule has 1 aromatic rings. The van der Waals surface area contributed by atoms with Gasteiger partial charge in [0.15, 0.2) is 5.60 Å². The van der Waals surface area contributed by atoms with E-state index in [1.165, 1.54) is 14.2 Å². The van der Waals surface area contributed by atoms with Crippen LogP contribution in [-0.4, -0.2) is 25.5 Å². The number of halogens is 4. The first kappa shape index (κ1) is 14.9. The van der Waals surface area contributed by atoms with Crippen molar-refractivity contribution in [2.45, 2.75) is 18.7 Å². The van der Waals surface area contributed by atoms with Crippen LogP contribution in [0.25, 0.3) is 0 Å². The van der Waals surface area contributed by atoms with Crippen molar-refractivity contribution in [2.75, 3.05) is 14.2 Å². The molecule has 0 spiro atoms. The molecule has 1 aromatic carbocycles. The number of aliphatic hydroxyl groups is 1. The predicted octanol–water partition coefficient (Wildman–Crippen LogP) is 3.13. The molecule has 0 amide bonds. The third kappa shape index (κ3) is 2.49. The van der Waals surface area contributed by atoms with Gasteiger partial charge in [-0.15, -0.1) is 0 Å². The highest BCUT2D eigenvalue weighted by Crippen LogP contribution is 2.45. The van der Waals surface area contributed by atoms with E-state index in [1.54, 1.807) is 0 Å². The molecule has 0 fully saturated rings. The number of hydrogen-bond acceptors (Lipinski definition) is 3. The lowest BCUT2D eigenvalue weighted by molar-refractivity contribution is -0.259. The van der Waals surface area contributed by atoms with E-state index in [0.717, 1.165) is 12.1 Å². The summed E-state index contributed by atoms with van der Waals surface area (Å²) in [7, 11) is 2.45. The third-order valence-corrected chi connectivity index (χ3v) is 2.85. The Hall–Kier alpha value is -1.14. The fourth-order valence-corrected chi connectivity index (χ4v) is 1.62. The second kappa shape index (κ2) is 4.85. The summed E-state index contributed by atoms with van der Waals surface area (Å²) in [5, 5.41) is 9.74. The molecule has 18 heavy (non-hydrogen) atoms. The summed E-state index contributed by atoms with van der Waals surface area (Å²) in [4.78, 5) is 0. The molecule has 0 heterocycles. The molecule has 1 unspecified atom stereocenters. The predicted molar refractivity (Wildman–Crippen MR) is 60.2 cm³/mol. The second-order valence-electron chi connectivity index (χ2n) is 3.76. The minimum absolute atomic E-state index is 0.0250. The van der Waals surface area contributed by atoms with E-state index in [0.29, 0.717) is 6.92 Å². The fraction of sp³-hybridized carbons (Fsp3) is 0.455. The minimum atomic E-state index is -4.85. The Morgan fingerprint density at radius 3 is 2.00 bits per heavy atom. The van der Waals surface area contributed by atoms with E-state index in [4.69, 9.17) is 21.1 Å². The van der Waals surface area contributed by atoms with Crippen molar-refractivity contribution >= 4 is 11.6 Å². The first-order chi connectivity index (χ1) is 8.15. The second-order valence-corrected chi connectivity index (χ2v) is 4.16. The Labute approximate surface area is 107 Å². The van der Waals surface area contributed by atoms with Gasteiger partial charge in [-0.25, -0.2) is 0 Å². The summed E-state index contributed by atoms with van der Waals surface area (Å²) in [5.74, 6) is -0.139. The Morgan fingerprint density at radius 1 is 1.11 bits per heavy atom. The van der Waals surface area contributed by atoms with Crippen LogP contribution in [0.5, 0.6) is 11.5 Å². The van der Waals surface area contributed by atoms with Gasteiger partial charge in [-0.1, -0.05) is 11.6 Å². The topological polar surface area (TPSA) is 38.7 Å². The Bertz CT molecular complexity index is 444. The molecule has 1 rings (SSSR count). The van der Waals surface area contributed by atoms with Crippen molar-refractivity contribution in [1.82, 2.24) is 0 Å². The lowest BCUT2D eigenvalue weighted by atomic mass is 9.94. The summed E-state index contributed by atoms with van der Waals surface area (Å²) < 4.78 is 48.0. The molecule has 1 atom stereocenters. The highest BCUT2D eigenvalue weighted by atomic mass is 35.5. The van der Waals surface area contributed by atoms with Gasteiger partial charge in [0.2, 0.25) is 0 Å². The zero-order valence-electron chi connectivity index (χ0n) is 9.93. The van der Waals surface area contributed by atoms with Gasteiger partial charge < -0.3 is 14.6 Å². The molecule has 0 saturated heterocycles. The zero-order valence-corrected chi connectivity index (χ0v) is 10.7. The van der Waals surface area contributed by atoms with Gasteiger partial charge in [-0.2, -0.15) is 13.2 Å². The van der Waals surface area contributed by atoms with Crippen molar-refractivity contribution in [3.63, 3.8) is 0 Å². The smallest absolute Gasteiger partial charge is 0.421 e. The Balaban J connectivity index is 3.48. The van der Waals surface area contributed by atoms with Crippen LogP contribution in [0, 0.1) is 0 Å². The van der Waals surface area contributed by atoms with E-state index in [9.17, 15) is 18.3 Å². The van der Waals surface area contributed by atoms with Crippen LogP contribution in [0.2, 0.25) is 5.02 Å². The molecule has 102 valence electrons. The molecule has 0 aliphatic rings. The molecular formula is C11H12ClF3O3. The lowest BCUT2D eigenvalue weighted by Crippen LogP contribution is -2.39. The van der Waals surface area contributed by atoms with Gasteiger partial charge in [-0.05, 0) is 13.0 Å². The highest BCUT2D eigenvalue weighted by Gasteiger charge is 2.52. The summed E-state index contributed by atoms with van der Waals surface area (Å²) in [6, 6.07) is 2.17. The summed E-state index contributed by atoms with van der Waals surface area (Å²) in [6.45, 7) is 0.637. The van der Waals surface area contributed by atoms with Crippen molar-refractivity contribution in [1.29, 1.82) is 0 Å². The number of hydrogen-bond donors (Lipinski definition) is 1. The molecule has 0 aliphatic heterocycles. The summed E-state index contributed by atoms with van der Waals surface area (Å²) in [5.41, 5.74) is -3.52. The third-order valence-electron chi connectivity index (χ3n) is 2.55. The normalized spacial score (nSPS) is 15.1. The van der Waals surface area contributed by atoms with Crippen LogP contribution in [0.3, 0.4) is 0 Å². The van der Waals surface area contributed by atoms with Crippen molar-refractivity contribution in [3.8, 4) is 11.5 Å². The molecule has 0 aliphatic carbocycles. The maximum atomic E-state index is 12.8. The van der Waals surface area contributed by atoms with E-state index < -0.39 is 17.3 Å². The average molecular weight is 285 g/mol. The monoisotopic (exact) mass is 284 g/mol.